The second kappa shape index (κ2) is 7.35. The van der Waals surface area contributed by atoms with Crippen LogP contribution in [0.3, 0.4) is 0 Å². The number of hydrogen-bond donors (Lipinski definition) is 1. The Morgan fingerprint density at radius 1 is 1.29 bits per heavy atom. The Hall–Kier alpha value is -2.16. The number of rotatable bonds is 5. The minimum atomic E-state index is -3.34. The number of aromatic nitrogens is 3. The van der Waals surface area contributed by atoms with Gasteiger partial charge in [-0.05, 0) is 18.9 Å². The Balaban J connectivity index is 1.74. The number of H-pyrrole nitrogens is 1. The van der Waals surface area contributed by atoms with Crippen LogP contribution >= 0.6 is 11.6 Å². The Morgan fingerprint density at radius 2 is 2.07 bits per heavy atom. The van der Waals surface area contributed by atoms with Crippen molar-refractivity contribution < 1.29 is 8.42 Å². The van der Waals surface area contributed by atoms with Gasteiger partial charge in [0.1, 0.15) is 0 Å². The van der Waals surface area contributed by atoms with E-state index in [4.69, 9.17) is 11.6 Å². The largest absolute Gasteiger partial charge is 0.289 e. The first-order valence-corrected chi connectivity index (χ1v) is 11.3. The molecule has 0 atom stereocenters. The zero-order valence-corrected chi connectivity index (χ0v) is 17.1. The molecule has 1 aliphatic heterocycles. The van der Waals surface area contributed by atoms with Crippen molar-refractivity contribution in [3.63, 3.8) is 0 Å². The molecule has 3 aromatic rings. The summed E-state index contributed by atoms with van der Waals surface area (Å²) < 4.78 is 27.9. The van der Waals surface area contributed by atoms with E-state index in [1.807, 2.05) is 25.1 Å². The average Bonchev–Trinajstić information content (AvgIpc) is 3.10. The molecule has 0 unspecified atom stereocenters. The molecule has 1 aromatic carbocycles. The third-order valence-corrected chi connectivity index (χ3v) is 7.28. The van der Waals surface area contributed by atoms with Crippen LogP contribution in [0.2, 0.25) is 5.02 Å². The normalized spacial score (nSPS) is 15.1. The lowest BCUT2D eigenvalue weighted by Crippen LogP contribution is -2.40. The fourth-order valence-electron chi connectivity index (χ4n) is 3.48. The van der Waals surface area contributed by atoms with Crippen LogP contribution in [0.25, 0.3) is 16.9 Å². The van der Waals surface area contributed by atoms with Crippen molar-refractivity contribution in [2.45, 2.75) is 32.7 Å². The van der Waals surface area contributed by atoms with Gasteiger partial charge in [0, 0.05) is 28.8 Å². The number of halogens is 1. The highest BCUT2D eigenvalue weighted by Gasteiger charge is 2.29. The van der Waals surface area contributed by atoms with Crippen molar-refractivity contribution in [1.29, 1.82) is 0 Å². The Bertz CT molecular complexity index is 1200. The molecule has 0 bridgehead atoms. The molecule has 0 saturated carbocycles. The molecule has 0 fully saturated rings. The summed E-state index contributed by atoms with van der Waals surface area (Å²) in [4.78, 5) is 17.5. The molecular weight excluding hydrogens is 400 g/mol. The summed E-state index contributed by atoms with van der Waals surface area (Å²) in [6.07, 6.45) is 1.80. The summed E-state index contributed by atoms with van der Waals surface area (Å²) in [7, 11) is -3.34. The topological polar surface area (TPSA) is 87.5 Å². The molecule has 0 radical (unpaired) electrons. The highest BCUT2D eigenvalue weighted by Crippen LogP contribution is 2.27. The number of nitrogens with one attached hydrogen (secondary N) is 1. The molecule has 1 N–H and O–H groups in total. The molecule has 3 heterocycles. The molecule has 4 rings (SSSR count). The van der Waals surface area contributed by atoms with Crippen molar-refractivity contribution >= 4 is 27.3 Å². The summed E-state index contributed by atoms with van der Waals surface area (Å²) in [5.74, 6) is 0.126. The van der Waals surface area contributed by atoms with E-state index in [0.29, 0.717) is 47.0 Å². The first kappa shape index (κ1) is 19.2. The highest BCUT2D eigenvalue weighted by atomic mass is 35.5. The van der Waals surface area contributed by atoms with Crippen molar-refractivity contribution in [3.05, 3.63) is 57.0 Å². The molecule has 148 valence electrons. The van der Waals surface area contributed by atoms with Gasteiger partial charge in [-0.15, -0.1) is 0 Å². The molecule has 0 amide bonds. The third-order valence-electron chi connectivity index (χ3n) is 5.04. The number of nitrogens with zero attached hydrogens (tertiary/aromatic N) is 3. The van der Waals surface area contributed by atoms with Crippen molar-refractivity contribution in [2.24, 2.45) is 0 Å². The lowest BCUT2D eigenvalue weighted by atomic mass is 10.1. The van der Waals surface area contributed by atoms with Crippen LogP contribution in [-0.4, -0.2) is 39.6 Å². The van der Waals surface area contributed by atoms with Crippen molar-refractivity contribution in [2.75, 3.05) is 12.3 Å². The zero-order valence-electron chi connectivity index (χ0n) is 15.5. The first-order valence-electron chi connectivity index (χ1n) is 9.27. The quantitative estimate of drug-likeness (QED) is 0.687. The van der Waals surface area contributed by atoms with Crippen LogP contribution in [0.15, 0.2) is 35.1 Å². The third kappa shape index (κ3) is 3.36. The average molecular weight is 421 g/mol. The summed E-state index contributed by atoms with van der Waals surface area (Å²) in [5.41, 5.74) is 2.81. The molecule has 0 aliphatic carbocycles. The Kier molecular flexibility index (Phi) is 5.03. The number of aromatic amines is 1. The molecule has 2 aromatic heterocycles. The highest BCUT2D eigenvalue weighted by molar-refractivity contribution is 7.89. The molecule has 28 heavy (non-hydrogen) atoms. The first-order chi connectivity index (χ1) is 13.4. The monoisotopic (exact) mass is 420 g/mol. The lowest BCUT2D eigenvalue weighted by molar-refractivity contribution is 0.383. The maximum absolute atomic E-state index is 12.9. The zero-order chi connectivity index (χ0) is 19.9. The lowest BCUT2D eigenvalue weighted by Gasteiger charge is -2.26. The number of fused-ring (bicyclic) bond motifs is 2. The van der Waals surface area contributed by atoms with Gasteiger partial charge in [-0.25, -0.2) is 17.9 Å². The van der Waals surface area contributed by atoms with E-state index in [2.05, 4.69) is 10.1 Å². The minimum Gasteiger partial charge on any atom is -0.289 e. The molecule has 1 aliphatic rings. The van der Waals surface area contributed by atoms with Gasteiger partial charge in [0.05, 0.1) is 23.7 Å². The molecule has 0 spiro atoms. The van der Waals surface area contributed by atoms with E-state index in [9.17, 15) is 13.2 Å². The van der Waals surface area contributed by atoms with Crippen LogP contribution in [0, 0.1) is 0 Å². The van der Waals surface area contributed by atoms with E-state index in [-0.39, 0.29) is 17.9 Å². The SMILES string of the molecule is CCCCS(=O)(=O)N1CCc2c(nc3cc(-c4ccccc4Cl)[nH]n3c2=O)C1. The second-order valence-electron chi connectivity index (χ2n) is 6.94. The van der Waals surface area contributed by atoms with Crippen molar-refractivity contribution in [3.8, 4) is 11.3 Å². The van der Waals surface area contributed by atoms with E-state index in [0.717, 1.165) is 12.0 Å². The van der Waals surface area contributed by atoms with Gasteiger partial charge in [0.15, 0.2) is 5.65 Å². The molecule has 9 heteroatoms. The smallest absolute Gasteiger partial charge is 0.276 e. The minimum absolute atomic E-state index is 0.126. The fraction of sp³-hybridized carbons (Fsp3) is 0.368. The number of unbranched alkanes of at least 4 members (excludes halogenated alkanes) is 1. The number of hydrogen-bond acceptors (Lipinski definition) is 4. The predicted octanol–water partition coefficient (Wildman–Crippen LogP) is 2.83. The second-order valence-corrected chi connectivity index (χ2v) is 9.43. The van der Waals surface area contributed by atoms with Gasteiger partial charge in [-0.2, -0.15) is 4.31 Å². The van der Waals surface area contributed by atoms with Gasteiger partial charge >= 0.3 is 0 Å². The van der Waals surface area contributed by atoms with Crippen LogP contribution < -0.4 is 5.56 Å². The standard InChI is InChI=1S/C19H21ClN4O3S/c1-2-3-10-28(26,27)23-9-8-14-17(12-23)21-18-11-16(22-24(18)19(14)25)13-6-4-5-7-15(13)20/h4-7,11,22H,2-3,8-10,12H2,1H3. The molecular formula is C19H21ClN4O3S. The van der Waals surface area contributed by atoms with Crippen LogP contribution in [-0.2, 0) is 23.0 Å². The molecule has 0 saturated heterocycles. The van der Waals surface area contributed by atoms with E-state index < -0.39 is 10.0 Å². The number of sulfonamides is 1. The van der Waals surface area contributed by atoms with Gasteiger partial charge in [0.2, 0.25) is 10.0 Å². The van der Waals surface area contributed by atoms with Crippen LogP contribution in [0.5, 0.6) is 0 Å². The maximum Gasteiger partial charge on any atom is 0.276 e. The van der Waals surface area contributed by atoms with Crippen LogP contribution in [0.4, 0.5) is 0 Å². The summed E-state index contributed by atoms with van der Waals surface area (Å²) in [6.45, 7) is 2.41. The maximum atomic E-state index is 12.9. The van der Waals surface area contributed by atoms with E-state index >= 15 is 0 Å². The molecule has 7 nitrogen and oxygen atoms in total. The van der Waals surface area contributed by atoms with Gasteiger partial charge in [-0.1, -0.05) is 43.1 Å². The van der Waals surface area contributed by atoms with E-state index in [1.54, 1.807) is 12.1 Å². The van der Waals surface area contributed by atoms with E-state index in [1.165, 1.54) is 8.82 Å². The summed E-state index contributed by atoms with van der Waals surface area (Å²) >= 11 is 6.26. The summed E-state index contributed by atoms with van der Waals surface area (Å²) in [6, 6.07) is 9.11. The number of benzene rings is 1. The Labute approximate surface area is 168 Å². The summed E-state index contributed by atoms with van der Waals surface area (Å²) in [5, 5.41) is 3.64. The Morgan fingerprint density at radius 3 is 2.82 bits per heavy atom. The fourth-order valence-corrected chi connectivity index (χ4v) is 5.32. The van der Waals surface area contributed by atoms with Gasteiger partial charge in [-0.3, -0.25) is 9.89 Å². The van der Waals surface area contributed by atoms with Crippen molar-refractivity contribution in [1.82, 2.24) is 18.9 Å². The van der Waals surface area contributed by atoms with Crippen LogP contribution in [0.1, 0.15) is 31.0 Å². The van der Waals surface area contributed by atoms with Gasteiger partial charge < -0.3 is 0 Å². The van der Waals surface area contributed by atoms with Gasteiger partial charge in [0.25, 0.3) is 5.56 Å². The predicted molar refractivity (Wildman–Crippen MR) is 109 cm³/mol.